The van der Waals surface area contributed by atoms with Crippen molar-refractivity contribution in [2.75, 3.05) is 18.4 Å². The van der Waals surface area contributed by atoms with Crippen LogP contribution in [0.3, 0.4) is 0 Å². The van der Waals surface area contributed by atoms with Gasteiger partial charge in [0.25, 0.3) is 0 Å². The maximum atomic E-state index is 9.45. The molecule has 136 valence electrons. The molecule has 1 aliphatic rings. The number of fused-ring (bicyclic) bond motifs is 1. The SMILES string of the molecule is N#Cc1oc2cnc(NC3CCNCC3)cc2c1/C=C/Cc1ccccc1. The molecule has 1 aliphatic heterocycles. The first-order chi connectivity index (χ1) is 13.3. The Kier molecular flexibility index (Phi) is 5.17. The van der Waals surface area contributed by atoms with Gasteiger partial charge in [-0.05, 0) is 44.0 Å². The Balaban J connectivity index is 1.59. The van der Waals surface area contributed by atoms with Crippen molar-refractivity contribution in [1.29, 1.82) is 5.26 Å². The molecule has 0 spiro atoms. The van der Waals surface area contributed by atoms with Crippen LogP contribution in [0, 0.1) is 11.3 Å². The third-order valence-corrected chi connectivity index (χ3v) is 4.89. The van der Waals surface area contributed by atoms with Crippen LogP contribution in [0.5, 0.6) is 0 Å². The van der Waals surface area contributed by atoms with Crippen LogP contribution in [0.1, 0.15) is 29.7 Å². The second-order valence-electron chi connectivity index (χ2n) is 6.78. The van der Waals surface area contributed by atoms with Crippen molar-refractivity contribution < 1.29 is 4.42 Å². The lowest BCUT2D eigenvalue weighted by molar-refractivity contribution is 0.478. The lowest BCUT2D eigenvalue weighted by Gasteiger charge is -2.24. The van der Waals surface area contributed by atoms with Crippen LogP contribution in [0.15, 0.2) is 53.1 Å². The average molecular weight is 358 g/mol. The predicted molar refractivity (Wildman–Crippen MR) is 107 cm³/mol. The number of rotatable bonds is 5. The van der Waals surface area contributed by atoms with Crippen molar-refractivity contribution in [2.24, 2.45) is 0 Å². The molecule has 1 fully saturated rings. The predicted octanol–water partition coefficient (Wildman–Crippen LogP) is 4.12. The smallest absolute Gasteiger partial charge is 0.212 e. The highest BCUT2D eigenvalue weighted by Crippen LogP contribution is 2.28. The number of hydrogen-bond donors (Lipinski definition) is 2. The summed E-state index contributed by atoms with van der Waals surface area (Å²) >= 11 is 0. The summed E-state index contributed by atoms with van der Waals surface area (Å²) in [6.45, 7) is 2.05. The molecule has 0 radical (unpaired) electrons. The third kappa shape index (κ3) is 4.02. The van der Waals surface area contributed by atoms with Gasteiger partial charge in [0, 0.05) is 17.0 Å². The number of furan rings is 1. The van der Waals surface area contributed by atoms with E-state index in [2.05, 4.69) is 39.9 Å². The van der Waals surface area contributed by atoms with Crippen LogP contribution in [-0.4, -0.2) is 24.1 Å². The Morgan fingerprint density at radius 2 is 2.07 bits per heavy atom. The molecule has 1 aromatic carbocycles. The normalized spacial score (nSPS) is 15.2. The van der Waals surface area contributed by atoms with Crippen molar-refractivity contribution >= 4 is 22.9 Å². The Morgan fingerprint density at radius 1 is 1.26 bits per heavy atom. The molecule has 2 aromatic heterocycles. The van der Waals surface area contributed by atoms with Gasteiger partial charge in [-0.3, -0.25) is 0 Å². The summed E-state index contributed by atoms with van der Waals surface area (Å²) in [6, 6.07) is 14.8. The standard InChI is InChI=1S/C22H22N4O/c23-14-20-18(8-4-7-16-5-2-1-3-6-16)19-13-22(25-15-21(19)27-20)26-17-9-11-24-12-10-17/h1-6,8,13,15,17,24H,7,9-12H2,(H,25,26)/b8-4+. The number of pyridine rings is 1. The maximum Gasteiger partial charge on any atom is 0.212 e. The molecule has 2 N–H and O–H groups in total. The first kappa shape index (κ1) is 17.3. The van der Waals surface area contributed by atoms with Crippen LogP contribution in [0.4, 0.5) is 5.82 Å². The number of benzene rings is 1. The number of hydrogen-bond acceptors (Lipinski definition) is 5. The van der Waals surface area contributed by atoms with Crippen molar-refractivity contribution in [3.63, 3.8) is 0 Å². The lowest BCUT2D eigenvalue weighted by atomic mass is 10.1. The Hall–Kier alpha value is -3.10. The fourth-order valence-electron chi connectivity index (χ4n) is 3.45. The van der Waals surface area contributed by atoms with Gasteiger partial charge in [-0.1, -0.05) is 42.5 Å². The second-order valence-corrected chi connectivity index (χ2v) is 6.78. The van der Waals surface area contributed by atoms with E-state index in [1.54, 1.807) is 6.20 Å². The molecule has 5 heteroatoms. The minimum absolute atomic E-state index is 0.329. The highest BCUT2D eigenvalue weighted by Gasteiger charge is 2.16. The molecule has 0 bridgehead atoms. The Morgan fingerprint density at radius 3 is 2.85 bits per heavy atom. The van der Waals surface area contributed by atoms with E-state index in [-0.39, 0.29) is 0 Å². The molecular weight excluding hydrogens is 336 g/mol. The van der Waals surface area contributed by atoms with E-state index in [1.807, 2.05) is 30.3 Å². The first-order valence-electron chi connectivity index (χ1n) is 9.34. The summed E-state index contributed by atoms with van der Waals surface area (Å²) in [6.07, 6.45) is 8.72. The highest BCUT2D eigenvalue weighted by atomic mass is 16.3. The van der Waals surface area contributed by atoms with Crippen LogP contribution in [0.25, 0.3) is 17.0 Å². The van der Waals surface area contributed by atoms with Crippen LogP contribution < -0.4 is 10.6 Å². The number of nitriles is 1. The topological polar surface area (TPSA) is 73.9 Å². The van der Waals surface area contributed by atoms with E-state index in [0.717, 1.165) is 49.1 Å². The molecule has 4 rings (SSSR count). The lowest BCUT2D eigenvalue weighted by Crippen LogP contribution is -2.35. The molecular formula is C22H22N4O. The van der Waals surface area contributed by atoms with Gasteiger partial charge >= 0.3 is 0 Å². The summed E-state index contributed by atoms with van der Waals surface area (Å²) in [5, 5.41) is 17.2. The summed E-state index contributed by atoms with van der Waals surface area (Å²) in [7, 11) is 0. The molecule has 0 atom stereocenters. The number of allylic oxidation sites excluding steroid dienone is 1. The quantitative estimate of drug-likeness (QED) is 0.718. The summed E-state index contributed by atoms with van der Waals surface area (Å²) in [4.78, 5) is 4.46. The molecule has 0 unspecified atom stereocenters. The van der Waals surface area contributed by atoms with Crippen LogP contribution >= 0.6 is 0 Å². The fraction of sp³-hybridized carbons (Fsp3) is 0.273. The van der Waals surface area contributed by atoms with Crippen molar-refractivity contribution in [2.45, 2.75) is 25.3 Å². The minimum Gasteiger partial charge on any atom is -0.443 e. The van der Waals surface area contributed by atoms with E-state index in [9.17, 15) is 5.26 Å². The molecule has 27 heavy (non-hydrogen) atoms. The Labute approximate surface area is 158 Å². The number of piperidine rings is 1. The largest absolute Gasteiger partial charge is 0.443 e. The van der Waals surface area contributed by atoms with Gasteiger partial charge in [0.2, 0.25) is 5.76 Å². The molecule has 0 saturated carbocycles. The van der Waals surface area contributed by atoms with E-state index < -0.39 is 0 Å². The highest BCUT2D eigenvalue weighted by molar-refractivity contribution is 5.90. The molecule has 0 amide bonds. The molecule has 3 aromatic rings. The molecule has 3 heterocycles. The minimum atomic E-state index is 0.329. The molecule has 1 saturated heterocycles. The first-order valence-corrected chi connectivity index (χ1v) is 9.34. The maximum absolute atomic E-state index is 9.45. The van der Waals surface area contributed by atoms with Crippen LogP contribution in [0.2, 0.25) is 0 Å². The van der Waals surface area contributed by atoms with E-state index in [1.165, 1.54) is 5.56 Å². The van der Waals surface area contributed by atoms with E-state index >= 15 is 0 Å². The van der Waals surface area contributed by atoms with Crippen molar-refractivity contribution in [3.8, 4) is 6.07 Å². The molecule has 5 nitrogen and oxygen atoms in total. The van der Waals surface area contributed by atoms with Crippen LogP contribution in [-0.2, 0) is 6.42 Å². The van der Waals surface area contributed by atoms with Crippen molar-refractivity contribution in [3.05, 3.63) is 65.6 Å². The summed E-state index contributed by atoms with van der Waals surface area (Å²) < 4.78 is 5.68. The number of aromatic nitrogens is 1. The average Bonchev–Trinajstić information content (AvgIpc) is 3.07. The summed E-state index contributed by atoms with van der Waals surface area (Å²) in [5.74, 6) is 1.16. The molecule has 0 aliphatic carbocycles. The van der Waals surface area contributed by atoms with Gasteiger partial charge in [0.05, 0.1) is 6.20 Å². The van der Waals surface area contributed by atoms with Gasteiger partial charge < -0.3 is 15.1 Å². The number of nitrogens with zero attached hydrogens (tertiary/aromatic N) is 2. The monoisotopic (exact) mass is 358 g/mol. The van der Waals surface area contributed by atoms with E-state index in [0.29, 0.717) is 17.4 Å². The van der Waals surface area contributed by atoms with Crippen molar-refractivity contribution in [1.82, 2.24) is 10.3 Å². The fourth-order valence-corrected chi connectivity index (χ4v) is 3.45. The van der Waals surface area contributed by atoms with Gasteiger partial charge in [-0.25, -0.2) is 4.98 Å². The zero-order valence-electron chi connectivity index (χ0n) is 15.1. The summed E-state index contributed by atoms with van der Waals surface area (Å²) in [5.41, 5.74) is 2.69. The Bertz CT molecular complexity index is 979. The van der Waals surface area contributed by atoms with Gasteiger partial charge in [0.1, 0.15) is 11.9 Å². The third-order valence-electron chi connectivity index (χ3n) is 4.89. The van der Waals surface area contributed by atoms with Gasteiger partial charge in [-0.2, -0.15) is 5.26 Å². The van der Waals surface area contributed by atoms with Gasteiger partial charge in [-0.15, -0.1) is 0 Å². The second kappa shape index (κ2) is 8.07. The number of nitrogens with one attached hydrogen (secondary N) is 2. The zero-order valence-corrected chi connectivity index (χ0v) is 15.1. The zero-order chi connectivity index (χ0) is 18.5. The van der Waals surface area contributed by atoms with Gasteiger partial charge in [0.15, 0.2) is 5.58 Å². The number of anilines is 1. The van der Waals surface area contributed by atoms with E-state index in [4.69, 9.17) is 4.42 Å².